The first-order chi connectivity index (χ1) is 8.58. The Balaban J connectivity index is 2.13. The molecule has 0 aromatic heterocycles. The van der Waals surface area contributed by atoms with Crippen LogP contribution in [0.1, 0.15) is 18.9 Å². The van der Waals surface area contributed by atoms with E-state index in [2.05, 4.69) is 24.9 Å². The van der Waals surface area contributed by atoms with Crippen molar-refractivity contribution in [3.63, 3.8) is 0 Å². The summed E-state index contributed by atoms with van der Waals surface area (Å²) in [5, 5.41) is 1.39. The molecule has 0 radical (unpaired) electrons. The summed E-state index contributed by atoms with van der Waals surface area (Å²) in [6.45, 7) is 3.92. The number of thioether (sulfide) groups is 1. The van der Waals surface area contributed by atoms with Crippen LogP contribution in [0.3, 0.4) is 0 Å². The molecule has 1 aliphatic rings. The van der Waals surface area contributed by atoms with Gasteiger partial charge in [0, 0.05) is 28.9 Å². The van der Waals surface area contributed by atoms with Crippen LogP contribution < -0.4 is 5.73 Å². The summed E-state index contributed by atoms with van der Waals surface area (Å²) < 4.78 is 0. The van der Waals surface area contributed by atoms with E-state index in [1.165, 1.54) is 17.7 Å². The van der Waals surface area contributed by atoms with Gasteiger partial charge in [-0.05, 0) is 36.9 Å². The highest BCUT2D eigenvalue weighted by atomic mass is 35.5. The summed E-state index contributed by atoms with van der Waals surface area (Å²) in [6.07, 6.45) is 1.17. The number of rotatable bonds is 4. The molecule has 100 valence electrons. The maximum atomic E-state index is 6.06. The fourth-order valence-corrected chi connectivity index (χ4v) is 4.50. The van der Waals surface area contributed by atoms with E-state index in [1.54, 1.807) is 0 Å². The molecule has 1 aromatic rings. The van der Waals surface area contributed by atoms with Crippen LogP contribution in [-0.4, -0.2) is 35.0 Å². The average molecular weight is 285 g/mol. The van der Waals surface area contributed by atoms with E-state index in [-0.39, 0.29) is 5.54 Å². The van der Waals surface area contributed by atoms with Crippen LogP contribution in [0.2, 0.25) is 5.02 Å². The van der Waals surface area contributed by atoms with Gasteiger partial charge < -0.3 is 5.73 Å². The highest BCUT2D eigenvalue weighted by Gasteiger charge is 2.42. The molecule has 0 amide bonds. The Morgan fingerprint density at radius 3 is 2.89 bits per heavy atom. The van der Waals surface area contributed by atoms with Crippen molar-refractivity contribution in [1.82, 2.24) is 4.90 Å². The molecule has 0 bridgehead atoms. The van der Waals surface area contributed by atoms with Crippen molar-refractivity contribution in [1.29, 1.82) is 0 Å². The Kier molecular flexibility index (Phi) is 4.59. The lowest BCUT2D eigenvalue weighted by molar-refractivity contribution is 0.122. The van der Waals surface area contributed by atoms with Crippen LogP contribution in [0.25, 0.3) is 0 Å². The first-order valence-corrected chi connectivity index (χ1v) is 7.78. The second kappa shape index (κ2) is 5.83. The molecule has 0 aliphatic carbocycles. The van der Waals surface area contributed by atoms with E-state index in [0.29, 0.717) is 5.25 Å². The quantitative estimate of drug-likeness (QED) is 0.922. The van der Waals surface area contributed by atoms with Gasteiger partial charge in [0.25, 0.3) is 0 Å². The van der Waals surface area contributed by atoms with E-state index in [9.17, 15) is 0 Å². The third-order valence-electron chi connectivity index (χ3n) is 4.08. The Labute approximate surface area is 119 Å². The van der Waals surface area contributed by atoms with Gasteiger partial charge in [0.1, 0.15) is 0 Å². The molecule has 18 heavy (non-hydrogen) atoms. The van der Waals surface area contributed by atoms with Crippen molar-refractivity contribution in [2.24, 2.45) is 5.73 Å². The van der Waals surface area contributed by atoms with Crippen molar-refractivity contribution in [2.75, 3.05) is 19.3 Å². The second-order valence-electron chi connectivity index (χ2n) is 5.06. The molecule has 1 heterocycles. The lowest BCUT2D eigenvalue weighted by Crippen LogP contribution is -2.55. The Morgan fingerprint density at radius 1 is 1.56 bits per heavy atom. The molecule has 2 rings (SSSR count). The van der Waals surface area contributed by atoms with Gasteiger partial charge >= 0.3 is 0 Å². The van der Waals surface area contributed by atoms with Crippen LogP contribution in [0.15, 0.2) is 24.3 Å². The van der Waals surface area contributed by atoms with Gasteiger partial charge in [-0.1, -0.05) is 30.7 Å². The number of nitrogens with zero attached hydrogens (tertiary/aromatic N) is 1. The molecule has 1 saturated heterocycles. The van der Waals surface area contributed by atoms with Crippen LogP contribution in [0.4, 0.5) is 0 Å². The predicted octanol–water partition coefficient (Wildman–Crippen LogP) is 2.99. The number of nitrogens with two attached hydrogens (primary N) is 1. The summed E-state index contributed by atoms with van der Waals surface area (Å²) in [5.74, 6) is 1.21. The molecule has 1 fully saturated rings. The average Bonchev–Trinajstić information content (AvgIpc) is 2.71. The maximum Gasteiger partial charge on any atom is 0.0455 e. The van der Waals surface area contributed by atoms with E-state index >= 15 is 0 Å². The van der Waals surface area contributed by atoms with Crippen molar-refractivity contribution in [2.45, 2.75) is 30.7 Å². The lowest BCUT2D eigenvalue weighted by Gasteiger charge is -2.41. The molecular formula is C14H21ClN2S. The number of benzene rings is 1. The van der Waals surface area contributed by atoms with Gasteiger partial charge in [0.2, 0.25) is 0 Å². The molecule has 2 atom stereocenters. The molecule has 2 nitrogen and oxygen atoms in total. The first-order valence-electron chi connectivity index (χ1n) is 6.36. The Morgan fingerprint density at radius 2 is 2.33 bits per heavy atom. The van der Waals surface area contributed by atoms with Crippen LogP contribution in [0, 0.1) is 0 Å². The zero-order valence-corrected chi connectivity index (χ0v) is 12.6. The topological polar surface area (TPSA) is 29.3 Å². The summed E-state index contributed by atoms with van der Waals surface area (Å²) in [7, 11) is 2.18. The minimum atomic E-state index is 0.132. The Hall–Kier alpha value is -0.220. The van der Waals surface area contributed by atoms with Crippen LogP contribution in [-0.2, 0) is 6.54 Å². The highest BCUT2D eigenvalue weighted by molar-refractivity contribution is 8.00. The summed E-state index contributed by atoms with van der Waals surface area (Å²) in [6, 6.07) is 8.08. The molecule has 2 N–H and O–H groups in total. The molecule has 0 spiro atoms. The number of hydrogen-bond donors (Lipinski definition) is 1. The smallest absolute Gasteiger partial charge is 0.0455 e. The van der Waals surface area contributed by atoms with E-state index in [4.69, 9.17) is 17.3 Å². The Bertz CT molecular complexity index is 413. The van der Waals surface area contributed by atoms with Gasteiger partial charge in [-0.3, -0.25) is 4.90 Å². The minimum Gasteiger partial charge on any atom is -0.329 e. The summed E-state index contributed by atoms with van der Waals surface area (Å²) in [4.78, 5) is 2.41. The highest BCUT2D eigenvalue weighted by Crippen LogP contribution is 2.39. The van der Waals surface area contributed by atoms with E-state index in [0.717, 1.165) is 18.1 Å². The van der Waals surface area contributed by atoms with Gasteiger partial charge in [-0.25, -0.2) is 0 Å². The third kappa shape index (κ3) is 2.69. The van der Waals surface area contributed by atoms with E-state index < -0.39 is 0 Å². The van der Waals surface area contributed by atoms with Crippen molar-refractivity contribution in [3.05, 3.63) is 34.9 Å². The van der Waals surface area contributed by atoms with Gasteiger partial charge in [0.15, 0.2) is 0 Å². The normalized spacial score (nSPS) is 27.9. The van der Waals surface area contributed by atoms with Gasteiger partial charge in [-0.2, -0.15) is 11.8 Å². The maximum absolute atomic E-state index is 6.06. The molecule has 1 aromatic carbocycles. The standard InChI is InChI=1S/C14H21ClN2S/c1-11-14(10-16,6-7-18-11)17(2)9-12-4-3-5-13(15)8-12/h3-5,8,11H,6-7,9-10,16H2,1-2H3. The molecule has 2 unspecified atom stereocenters. The molecule has 4 heteroatoms. The number of halogens is 1. The zero-order valence-electron chi connectivity index (χ0n) is 11.0. The van der Waals surface area contributed by atoms with Crippen molar-refractivity contribution >= 4 is 23.4 Å². The minimum absolute atomic E-state index is 0.132. The number of hydrogen-bond acceptors (Lipinski definition) is 3. The zero-order chi connectivity index (χ0) is 13.2. The second-order valence-corrected chi connectivity index (χ2v) is 6.94. The molecule has 1 aliphatic heterocycles. The fraction of sp³-hybridized carbons (Fsp3) is 0.571. The SMILES string of the molecule is CC1SCCC1(CN)N(C)Cc1cccc(Cl)c1. The largest absolute Gasteiger partial charge is 0.329 e. The van der Waals surface area contributed by atoms with Crippen LogP contribution in [0.5, 0.6) is 0 Å². The van der Waals surface area contributed by atoms with Gasteiger partial charge in [-0.15, -0.1) is 0 Å². The van der Waals surface area contributed by atoms with Crippen molar-refractivity contribution in [3.8, 4) is 0 Å². The number of likely N-dealkylation sites (N-methyl/N-ethyl adjacent to an activating group) is 1. The monoisotopic (exact) mass is 284 g/mol. The first kappa shape index (κ1) is 14.2. The van der Waals surface area contributed by atoms with Crippen LogP contribution >= 0.6 is 23.4 Å². The fourth-order valence-electron chi connectivity index (χ4n) is 2.76. The molecular weight excluding hydrogens is 264 g/mol. The van der Waals surface area contributed by atoms with Gasteiger partial charge in [0.05, 0.1) is 0 Å². The van der Waals surface area contributed by atoms with E-state index in [1.807, 2.05) is 30.0 Å². The molecule has 0 saturated carbocycles. The summed E-state index contributed by atoms with van der Waals surface area (Å²) >= 11 is 8.06. The predicted molar refractivity (Wildman–Crippen MR) is 81.2 cm³/mol. The van der Waals surface area contributed by atoms with Crippen molar-refractivity contribution < 1.29 is 0 Å². The lowest BCUT2D eigenvalue weighted by atomic mass is 9.90. The third-order valence-corrected chi connectivity index (χ3v) is 5.70. The summed E-state index contributed by atoms with van der Waals surface area (Å²) in [5.41, 5.74) is 7.45.